The molecule has 3 nitrogen and oxygen atoms in total. The maximum absolute atomic E-state index is 13.1. The number of nitrogens with zero attached hydrogens (tertiary/aromatic N) is 2. The van der Waals surface area contributed by atoms with Crippen LogP contribution in [-0.4, -0.2) is 16.3 Å². The van der Waals surface area contributed by atoms with E-state index in [1.165, 1.54) is 6.07 Å². The van der Waals surface area contributed by atoms with Gasteiger partial charge in [-0.2, -0.15) is 5.10 Å². The van der Waals surface area contributed by atoms with E-state index < -0.39 is 0 Å². The summed E-state index contributed by atoms with van der Waals surface area (Å²) >= 11 is 5.77. The van der Waals surface area contributed by atoms with Crippen molar-refractivity contribution in [2.75, 3.05) is 6.54 Å². The van der Waals surface area contributed by atoms with Gasteiger partial charge in [0, 0.05) is 25.0 Å². The molecule has 2 rings (SSSR count). The van der Waals surface area contributed by atoms with Crippen LogP contribution in [0.1, 0.15) is 24.9 Å². The van der Waals surface area contributed by atoms with Crippen LogP contribution in [0.15, 0.2) is 36.7 Å². The first-order valence-electron chi connectivity index (χ1n) is 6.32. The van der Waals surface area contributed by atoms with Gasteiger partial charge in [-0.05, 0) is 43.7 Å². The largest absolute Gasteiger partial charge is 0.310 e. The van der Waals surface area contributed by atoms with E-state index in [0.717, 1.165) is 25.1 Å². The summed E-state index contributed by atoms with van der Waals surface area (Å²) < 4.78 is 15.0. The highest BCUT2D eigenvalue weighted by molar-refractivity contribution is 6.30. The second kappa shape index (κ2) is 6.68. The molecule has 5 heteroatoms. The molecule has 0 saturated heterocycles. The summed E-state index contributed by atoms with van der Waals surface area (Å²) in [5.41, 5.74) is 0.991. The number of rotatable bonds is 6. The van der Waals surface area contributed by atoms with Crippen molar-refractivity contribution in [3.63, 3.8) is 0 Å². The highest BCUT2D eigenvalue weighted by atomic mass is 35.5. The topological polar surface area (TPSA) is 29.9 Å². The molecule has 19 heavy (non-hydrogen) atoms. The standard InChI is InChI=1S/C14H17ClFN3/c1-11(12-4-5-14(16)13(15)10-12)17-6-2-8-19-9-3-7-18-19/h3-5,7,9-11,17H,2,6,8H2,1H3. The first-order valence-corrected chi connectivity index (χ1v) is 6.70. The fraction of sp³-hybridized carbons (Fsp3) is 0.357. The molecule has 1 aromatic carbocycles. The summed E-state index contributed by atoms with van der Waals surface area (Å²) in [6.45, 7) is 3.80. The minimum Gasteiger partial charge on any atom is -0.310 e. The lowest BCUT2D eigenvalue weighted by Gasteiger charge is -2.14. The minimum absolute atomic E-state index is 0.149. The van der Waals surface area contributed by atoms with Gasteiger partial charge in [-0.25, -0.2) is 4.39 Å². The number of aryl methyl sites for hydroxylation is 1. The third kappa shape index (κ3) is 4.04. The van der Waals surface area contributed by atoms with Crippen molar-refractivity contribution in [2.45, 2.75) is 25.9 Å². The molecular formula is C14H17ClFN3. The molecule has 102 valence electrons. The summed E-state index contributed by atoms with van der Waals surface area (Å²) in [5, 5.41) is 7.70. The molecule has 1 aromatic heterocycles. The second-order valence-electron chi connectivity index (χ2n) is 4.47. The van der Waals surface area contributed by atoms with Crippen LogP contribution in [0, 0.1) is 5.82 Å². The summed E-state index contributed by atoms with van der Waals surface area (Å²) in [6.07, 6.45) is 4.71. The maximum Gasteiger partial charge on any atom is 0.141 e. The van der Waals surface area contributed by atoms with Crippen LogP contribution in [0.4, 0.5) is 4.39 Å². The van der Waals surface area contributed by atoms with E-state index in [2.05, 4.69) is 10.4 Å². The monoisotopic (exact) mass is 281 g/mol. The predicted octanol–water partition coefficient (Wildman–Crippen LogP) is 3.42. The van der Waals surface area contributed by atoms with Gasteiger partial charge in [0.2, 0.25) is 0 Å². The van der Waals surface area contributed by atoms with Crippen LogP contribution in [0.25, 0.3) is 0 Å². The van der Waals surface area contributed by atoms with Crippen LogP contribution in [-0.2, 0) is 6.54 Å². The Bertz CT molecular complexity index is 513. The Morgan fingerprint density at radius 3 is 3.00 bits per heavy atom. The van der Waals surface area contributed by atoms with Gasteiger partial charge in [0.25, 0.3) is 0 Å². The van der Waals surface area contributed by atoms with E-state index in [1.54, 1.807) is 18.3 Å². The molecule has 0 amide bonds. The smallest absolute Gasteiger partial charge is 0.141 e. The summed E-state index contributed by atoms with van der Waals surface area (Å²) in [4.78, 5) is 0. The van der Waals surface area contributed by atoms with Crippen molar-refractivity contribution in [3.8, 4) is 0 Å². The number of hydrogen-bond donors (Lipinski definition) is 1. The first kappa shape index (κ1) is 14.0. The highest BCUT2D eigenvalue weighted by Crippen LogP contribution is 2.20. The molecule has 0 bridgehead atoms. The second-order valence-corrected chi connectivity index (χ2v) is 4.88. The van der Waals surface area contributed by atoms with Crippen LogP contribution in [0.5, 0.6) is 0 Å². The van der Waals surface area contributed by atoms with Crippen molar-refractivity contribution >= 4 is 11.6 Å². The van der Waals surface area contributed by atoms with Gasteiger partial charge < -0.3 is 5.32 Å². The molecule has 1 N–H and O–H groups in total. The van der Waals surface area contributed by atoms with E-state index in [-0.39, 0.29) is 16.9 Å². The summed E-state index contributed by atoms with van der Waals surface area (Å²) in [5.74, 6) is -0.378. The third-order valence-electron chi connectivity index (χ3n) is 3.02. The summed E-state index contributed by atoms with van der Waals surface area (Å²) in [6, 6.07) is 6.89. The van der Waals surface area contributed by atoms with Crippen molar-refractivity contribution < 1.29 is 4.39 Å². The molecule has 0 radical (unpaired) electrons. The molecule has 0 fully saturated rings. The summed E-state index contributed by atoms with van der Waals surface area (Å²) in [7, 11) is 0. The van der Waals surface area contributed by atoms with Crippen molar-refractivity contribution in [1.82, 2.24) is 15.1 Å². The van der Waals surface area contributed by atoms with Crippen molar-refractivity contribution in [3.05, 3.63) is 53.1 Å². The molecule has 2 aromatic rings. The molecule has 0 aliphatic rings. The van der Waals surface area contributed by atoms with Crippen LogP contribution >= 0.6 is 11.6 Å². The SMILES string of the molecule is CC(NCCCn1cccn1)c1ccc(F)c(Cl)c1. The number of hydrogen-bond acceptors (Lipinski definition) is 2. The zero-order valence-corrected chi connectivity index (χ0v) is 11.6. The molecule has 0 aliphatic carbocycles. The van der Waals surface area contributed by atoms with Gasteiger partial charge in [-0.1, -0.05) is 17.7 Å². The minimum atomic E-state index is -0.378. The van der Waals surface area contributed by atoms with Gasteiger partial charge in [0.1, 0.15) is 5.82 Å². The molecule has 0 spiro atoms. The third-order valence-corrected chi connectivity index (χ3v) is 3.31. The lowest BCUT2D eigenvalue weighted by Crippen LogP contribution is -2.21. The average molecular weight is 282 g/mol. The van der Waals surface area contributed by atoms with Gasteiger partial charge in [0.05, 0.1) is 5.02 Å². The van der Waals surface area contributed by atoms with Crippen LogP contribution in [0.3, 0.4) is 0 Å². The van der Waals surface area contributed by atoms with E-state index in [4.69, 9.17) is 11.6 Å². The maximum atomic E-state index is 13.1. The number of nitrogens with one attached hydrogen (secondary N) is 1. The Kier molecular flexibility index (Phi) is 4.93. The highest BCUT2D eigenvalue weighted by Gasteiger charge is 2.07. The molecular weight excluding hydrogens is 265 g/mol. The molecule has 0 saturated carbocycles. The number of aromatic nitrogens is 2. The molecule has 1 unspecified atom stereocenters. The van der Waals surface area contributed by atoms with Crippen LogP contribution in [0.2, 0.25) is 5.02 Å². The van der Waals surface area contributed by atoms with E-state index in [9.17, 15) is 4.39 Å². The number of halogens is 2. The first-order chi connectivity index (χ1) is 9.16. The lowest BCUT2D eigenvalue weighted by molar-refractivity contribution is 0.506. The zero-order chi connectivity index (χ0) is 13.7. The van der Waals surface area contributed by atoms with Gasteiger partial charge in [-0.3, -0.25) is 4.68 Å². The Morgan fingerprint density at radius 2 is 2.32 bits per heavy atom. The van der Waals surface area contributed by atoms with Gasteiger partial charge >= 0.3 is 0 Å². The number of benzene rings is 1. The Balaban J connectivity index is 1.77. The van der Waals surface area contributed by atoms with Crippen molar-refractivity contribution in [1.29, 1.82) is 0 Å². The molecule has 0 aliphatic heterocycles. The molecule has 1 heterocycles. The van der Waals surface area contributed by atoms with E-state index in [1.807, 2.05) is 23.9 Å². The Morgan fingerprint density at radius 1 is 1.47 bits per heavy atom. The fourth-order valence-electron chi connectivity index (χ4n) is 1.89. The normalized spacial score (nSPS) is 12.6. The quantitative estimate of drug-likeness (QED) is 0.822. The van der Waals surface area contributed by atoms with Gasteiger partial charge in [-0.15, -0.1) is 0 Å². The van der Waals surface area contributed by atoms with E-state index >= 15 is 0 Å². The Hall–Kier alpha value is -1.39. The van der Waals surface area contributed by atoms with E-state index in [0.29, 0.717) is 0 Å². The zero-order valence-electron chi connectivity index (χ0n) is 10.8. The fourth-order valence-corrected chi connectivity index (χ4v) is 2.08. The predicted molar refractivity (Wildman–Crippen MR) is 74.7 cm³/mol. The average Bonchev–Trinajstić information content (AvgIpc) is 2.91. The molecule has 1 atom stereocenters. The Labute approximate surface area is 117 Å². The van der Waals surface area contributed by atoms with Crippen molar-refractivity contribution in [2.24, 2.45) is 0 Å². The van der Waals surface area contributed by atoms with Crippen LogP contribution < -0.4 is 5.32 Å². The van der Waals surface area contributed by atoms with Gasteiger partial charge in [0.15, 0.2) is 0 Å². The lowest BCUT2D eigenvalue weighted by atomic mass is 10.1.